The largest absolute Gasteiger partial charge is 0.464 e. The van der Waals surface area contributed by atoms with E-state index in [0.717, 1.165) is 6.07 Å². The van der Waals surface area contributed by atoms with Crippen LogP contribution >= 0.6 is 0 Å². The average Bonchev–Trinajstić information content (AvgIpc) is 2.32. The summed E-state index contributed by atoms with van der Waals surface area (Å²) in [5.74, 6) is -2.68. The van der Waals surface area contributed by atoms with Crippen LogP contribution in [0.5, 0.6) is 0 Å². The van der Waals surface area contributed by atoms with Gasteiger partial charge in [0.15, 0.2) is 11.6 Å². The molecule has 0 aliphatic rings. The number of hydrogen-bond donors (Lipinski definition) is 1. The summed E-state index contributed by atoms with van der Waals surface area (Å²) in [4.78, 5) is 11.8. The van der Waals surface area contributed by atoms with Crippen molar-refractivity contribution in [3.63, 3.8) is 0 Å². The van der Waals surface area contributed by atoms with Crippen LogP contribution in [0.15, 0.2) is 18.2 Å². The summed E-state index contributed by atoms with van der Waals surface area (Å²) < 4.78 is 31.7. The van der Waals surface area contributed by atoms with Crippen LogP contribution in [-0.4, -0.2) is 19.6 Å². The second-order valence-electron chi connectivity index (χ2n) is 3.70. The van der Waals surface area contributed by atoms with Crippen molar-refractivity contribution in [3.05, 3.63) is 35.4 Å². The van der Waals surface area contributed by atoms with Gasteiger partial charge in [0.25, 0.3) is 0 Å². The summed E-state index contributed by atoms with van der Waals surface area (Å²) in [6, 6.07) is 3.70. The third-order valence-corrected chi connectivity index (χ3v) is 2.67. The smallest absolute Gasteiger partial charge is 0.330 e. The number of nitrogens with one attached hydrogen (secondary N) is 1. The van der Waals surface area contributed by atoms with Crippen molar-refractivity contribution in [2.75, 3.05) is 13.7 Å². The van der Waals surface area contributed by atoms with Crippen LogP contribution in [0.4, 0.5) is 8.78 Å². The van der Waals surface area contributed by atoms with Crippen LogP contribution in [0, 0.1) is 11.6 Å². The molecule has 0 aliphatic heterocycles. The number of hydrogen-bond acceptors (Lipinski definition) is 3. The monoisotopic (exact) mass is 243 g/mol. The lowest BCUT2D eigenvalue weighted by molar-refractivity contribution is -0.150. The lowest BCUT2D eigenvalue weighted by Gasteiger charge is -2.27. The number of rotatable bonds is 4. The van der Waals surface area contributed by atoms with Crippen LogP contribution in [0.25, 0.3) is 0 Å². The van der Waals surface area contributed by atoms with E-state index >= 15 is 0 Å². The van der Waals surface area contributed by atoms with Gasteiger partial charge in [-0.25, -0.2) is 13.6 Å². The molecule has 1 rings (SSSR count). The minimum Gasteiger partial charge on any atom is -0.464 e. The summed E-state index contributed by atoms with van der Waals surface area (Å²) in [5.41, 5.74) is -1.47. The van der Waals surface area contributed by atoms with E-state index in [9.17, 15) is 13.6 Å². The van der Waals surface area contributed by atoms with E-state index < -0.39 is 23.1 Å². The van der Waals surface area contributed by atoms with Gasteiger partial charge < -0.3 is 10.1 Å². The van der Waals surface area contributed by atoms with Crippen molar-refractivity contribution in [2.45, 2.75) is 19.4 Å². The Morgan fingerprint density at radius 1 is 1.47 bits per heavy atom. The molecule has 0 saturated heterocycles. The number of carbonyl (C=O) groups is 1. The maximum Gasteiger partial charge on any atom is 0.330 e. The third-order valence-electron chi connectivity index (χ3n) is 2.67. The van der Waals surface area contributed by atoms with E-state index in [-0.39, 0.29) is 12.2 Å². The van der Waals surface area contributed by atoms with Crippen molar-refractivity contribution < 1.29 is 18.3 Å². The molecule has 0 spiro atoms. The average molecular weight is 243 g/mol. The molecule has 0 fully saturated rings. The lowest BCUT2D eigenvalue weighted by atomic mass is 9.91. The highest BCUT2D eigenvalue weighted by Gasteiger charge is 2.38. The van der Waals surface area contributed by atoms with Crippen molar-refractivity contribution >= 4 is 5.97 Å². The Hall–Kier alpha value is -1.49. The Labute approximate surface area is 98.8 Å². The molecule has 0 bridgehead atoms. The van der Waals surface area contributed by atoms with Crippen LogP contribution < -0.4 is 5.32 Å². The number of halogens is 2. The van der Waals surface area contributed by atoms with E-state index in [1.54, 1.807) is 6.92 Å². The molecule has 3 nitrogen and oxygen atoms in total. The predicted octanol–water partition coefficient (Wildman–Crippen LogP) is 1.96. The third kappa shape index (κ3) is 2.44. The van der Waals surface area contributed by atoms with Gasteiger partial charge in [0.05, 0.1) is 6.61 Å². The molecule has 5 heteroatoms. The van der Waals surface area contributed by atoms with Crippen molar-refractivity contribution in [1.82, 2.24) is 5.32 Å². The van der Waals surface area contributed by atoms with E-state index in [1.807, 2.05) is 0 Å². The Morgan fingerprint density at radius 3 is 2.65 bits per heavy atom. The zero-order chi connectivity index (χ0) is 13.1. The van der Waals surface area contributed by atoms with Crippen molar-refractivity contribution in [1.29, 1.82) is 0 Å². The predicted molar refractivity (Wildman–Crippen MR) is 59.4 cm³/mol. The summed E-state index contributed by atoms with van der Waals surface area (Å²) in [7, 11) is 1.49. The quantitative estimate of drug-likeness (QED) is 0.821. The second-order valence-corrected chi connectivity index (χ2v) is 3.70. The second kappa shape index (κ2) is 5.23. The van der Waals surface area contributed by atoms with Gasteiger partial charge >= 0.3 is 5.97 Å². The molecule has 1 aromatic carbocycles. The molecule has 17 heavy (non-hydrogen) atoms. The molecule has 0 heterocycles. The number of carbonyl (C=O) groups excluding carboxylic acids is 1. The zero-order valence-corrected chi connectivity index (χ0v) is 10.0. The fourth-order valence-electron chi connectivity index (χ4n) is 1.51. The first-order valence-corrected chi connectivity index (χ1v) is 5.28. The minimum absolute atomic E-state index is 0.0709. The molecule has 0 radical (unpaired) electrons. The van der Waals surface area contributed by atoms with Crippen molar-refractivity contribution in [2.24, 2.45) is 0 Å². The summed E-state index contributed by atoms with van der Waals surface area (Å²) in [5, 5.41) is 2.67. The molecular formula is C12H15F2NO2. The minimum atomic E-state index is -1.40. The SMILES string of the molecule is CCOC(=O)C(C)(NC)c1cccc(F)c1F. The van der Waals surface area contributed by atoms with Crippen LogP contribution in [0.3, 0.4) is 0 Å². The normalized spacial score (nSPS) is 14.2. The van der Waals surface area contributed by atoms with Gasteiger partial charge in [-0.3, -0.25) is 0 Å². The highest BCUT2D eigenvalue weighted by atomic mass is 19.2. The van der Waals surface area contributed by atoms with Crippen LogP contribution in [-0.2, 0) is 15.1 Å². The van der Waals surface area contributed by atoms with Crippen LogP contribution in [0.2, 0.25) is 0 Å². The molecule has 0 aliphatic carbocycles. The molecule has 0 saturated carbocycles. The Kier molecular flexibility index (Phi) is 4.17. The molecule has 1 N–H and O–H groups in total. The van der Waals surface area contributed by atoms with Gasteiger partial charge in [0, 0.05) is 5.56 Å². The fourth-order valence-corrected chi connectivity index (χ4v) is 1.51. The van der Waals surface area contributed by atoms with E-state index in [0.29, 0.717) is 0 Å². The molecule has 1 aromatic rings. The number of benzene rings is 1. The van der Waals surface area contributed by atoms with E-state index in [4.69, 9.17) is 4.74 Å². The Morgan fingerprint density at radius 2 is 2.12 bits per heavy atom. The van der Waals surface area contributed by atoms with E-state index in [1.165, 1.54) is 26.1 Å². The molecule has 1 unspecified atom stereocenters. The Balaban J connectivity index is 3.25. The van der Waals surface area contributed by atoms with Gasteiger partial charge in [-0.1, -0.05) is 12.1 Å². The maximum absolute atomic E-state index is 13.7. The topological polar surface area (TPSA) is 38.3 Å². The fraction of sp³-hybridized carbons (Fsp3) is 0.417. The summed E-state index contributed by atoms with van der Waals surface area (Å²) >= 11 is 0. The van der Waals surface area contributed by atoms with Gasteiger partial charge in [-0.05, 0) is 27.0 Å². The molecule has 0 amide bonds. The summed E-state index contributed by atoms with van der Waals surface area (Å²) in [6.07, 6.45) is 0. The first-order valence-electron chi connectivity index (χ1n) is 5.28. The van der Waals surface area contributed by atoms with Gasteiger partial charge in [0.1, 0.15) is 5.54 Å². The number of ether oxygens (including phenoxy) is 1. The molecular weight excluding hydrogens is 228 g/mol. The van der Waals surface area contributed by atoms with Gasteiger partial charge in [0.2, 0.25) is 0 Å². The van der Waals surface area contributed by atoms with Gasteiger partial charge in [-0.15, -0.1) is 0 Å². The summed E-state index contributed by atoms with van der Waals surface area (Å²) in [6.45, 7) is 3.27. The lowest BCUT2D eigenvalue weighted by Crippen LogP contribution is -2.46. The zero-order valence-electron chi connectivity index (χ0n) is 10.0. The number of likely N-dealkylation sites (N-methyl/N-ethyl adjacent to an activating group) is 1. The first kappa shape index (κ1) is 13.6. The van der Waals surface area contributed by atoms with Crippen molar-refractivity contribution in [3.8, 4) is 0 Å². The molecule has 1 atom stereocenters. The maximum atomic E-state index is 13.7. The standard InChI is InChI=1S/C12H15F2NO2/c1-4-17-11(16)12(2,15-3)8-6-5-7-9(13)10(8)14/h5-7,15H,4H2,1-3H3. The molecule has 94 valence electrons. The van der Waals surface area contributed by atoms with E-state index in [2.05, 4.69) is 5.32 Å². The van der Waals surface area contributed by atoms with Crippen LogP contribution in [0.1, 0.15) is 19.4 Å². The highest BCUT2D eigenvalue weighted by molar-refractivity contribution is 5.82. The van der Waals surface area contributed by atoms with Gasteiger partial charge in [-0.2, -0.15) is 0 Å². The first-order chi connectivity index (χ1) is 7.97. The Bertz CT molecular complexity index is 423. The number of esters is 1. The molecule has 0 aromatic heterocycles. The highest BCUT2D eigenvalue weighted by Crippen LogP contribution is 2.26.